The standard InChI is InChI=1S/C27H35N3/c1-18(2)22-13-11-14-23(19(3)4)26(22)28-17-21-12-9-10-15-24(21)30-20(5)16-25(29-30)27(6,7)8/h9-19H,1-8H3. The van der Waals surface area contributed by atoms with Gasteiger partial charge in [-0.15, -0.1) is 0 Å². The highest BCUT2D eigenvalue weighted by atomic mass is 15.3. The van der Waals surface area contributed by atoms with Crippen molar-refractivity contribution in [3.05, 3.63) is 76.6 Å². The van der Waals surface area contributed by atoms with Gasteiger partial charge in [0, 0.05) is 22.9 Å². The van der Waals surface area contributed by atoms with Gasteiger partial charge in [0.2, 0.25) is 0 Å². The lowest BCUT2D eigenvalue weighted by Gasteiger charge is -2.16. The van der Waals surface area contributed by atoms with Gasteiger partial charge in [-0.3, -0.25) is 4.99 Å². The topological polar surface area (TPSA) is 30.2 Å². The maximum absolute atomic E-state index is 5.02. The average Bonchev–Trinajstić information content (AvgIpc) is 3.08. The third-order valence-corrected chi connectivity index (χ3v) is 5.50. The van der Waals surface area contributed by atoms with E-state index in [1.54, 1.807) is 0 Å². The van der Waals surface area contributed by atoms with Crippen LogP contribution < -0.4 is 0 Å². The van der Waals surface area contributed by atoms with Crippen LogP contribution in [-0.2, 0) is 5.41 Å². The van der Waals surface area contributed by atoms with Gasteiger partial charge in [0.05, 0.1) is 17.1 Å². The number of para-hydroxylation sites is 2. The molecule has 3 heteroatoms. The van der Waals surface area contributed by atoms with Gasteiger partial charge in [0.25, 0.3) is 0 Å². The first-order valence-corrected chi connectivity index (χ1v) is 10.9. The first-order valence-electron chi connectivity index (χ1n) is 10.9. The molecule has 0 amide bonds. The highest BCUT2D eigenvalue weighted by Gasteiger charge is 2.20. The lowest BCUT2D eigenvalue weighted by molar-refractivity contribution is 0.560. The van der Waals surface area contributed by atoms with Crippen LogP contribution in [0.5, 0.6) is 0 Å². The van der Waals surface area contributed by atoms with Crippen molar-refractivity contribution in [2.75, 3.05) is 0 Å². The van der Waals surface area contributed by atoms with Gasteiger partial charge in [-0.2, -0.15) is 5.10 Å². The van der Waals surface area contributed by atoms with Crippen LogP contribution in [0.1, 0.15) is 88.4 Å². The molecule has 158 valence electrons. The molecule has 0 saturated heterocycles. The third kappa shape index (κ3) is 4.56. The molecule has 0 radical (unpaired) electrons. The van der Waals surface area contributed by atoms with Gasteiger partial charge >= 0.3 is 0 Å². The normalized spacial score (nSPS) is 12.5. The number of hydrogen-bond acceptors (Lipinski definition) is 2. The van der Waals surface area contributed by atoms with Crippen molar-refractivity contribution in [3.8, 4) is 5.69 Å². The number of aryl methyl sites for hydroxylation is 1. The van der Waals surface area contributed by atoms with Crippen LogP contribution in [0.25, 0.3) is 5.69 Å². The third-order valence-electron chi connectivity index (χ3n) is 5.50. The Hall–Kier alpha value is -2.68. The maximum Gasteiger partial charge on any atom is 0.0736 e. The van der Waals surface area contributed by atoms with Crippen molar-refractivity contribution < 1.29 is 0 Å². The zero-order valence-corrected chi connectivity index (χ0v) is 19.7. The van der Waals surface area contributed by atoms with Gasteiger partial charge in [-0.25, -0.2) is 4.68 Å². The molecule has 0 spiro atoms. The van der Waals surface area contributed by atoms with E-state index in [0.717, 1.165) is 28.3 Å². The molecular formula is C27H35N3. The van der Waals surface area contributed by atoms with Gasteiger partial charge in [0.15, 0.2) is 0 Å². The molecule has 3 aromatic rings. The number of nitrogens with zero attached hydrogens (tertiary/aromatic N) is 3. The summed E-state index contributed by atoms with van der Waals surface area (Å²) in [6.07, 6.45) is 2.00. The Kier molecular flexibility index (Phi) is 6.30. The molecule has 0 bridgehead atoms. The number of aromatic nitrogens is 2. The van der Waals surface area contributed by atoms with E-state index in [1.807, 2.05) is 10.9 Å². The van der Waals surface area contributed by atoms with Crippen molar-refractivity contribution in [1.82, 2.24) is 9.78 Å². The first-order chi connectivity index (χ1) is 14.1. The maximum atomic E-state index is 5.02. The second-order valence-electron chi connectivity index (χ2n) is 9.74. The molecule has 2 aromatic carbocycles. The van der Waals surface area contributed by atoms with Gasteiger partial charge in [-0.05, 0) is 42.0 Å². The summed E-state index contributed by atoms with van der Waals surface area (Å²) in [7, 11) is 0. The lowest BCUT2D eigenvalue weighted by Crippen LogP contribution is -2.13. The van der Waals surface area contributed by atoms with E-state index in [9.17, 15) is 0 Å². The molecule has 1 heterocycles. The Morgan fingerprint density at radius 2 is 1.50 bits per heavy atom. The summed E-state index contributed by atoms with van der Waals surface area (Å²) in [5.41, 5.74) is 8.05. The van der Waals surface area contributed by atoms with Crippen molar-refractivity contribution >= 4 is 11.9 Å². The Morgan fingerprint density at radius 3 is 2.03 bits per heavy atom. The van der Waals surface area contributed by atoms with Crippen molar-refractivity contribution in [2.45, 2.75) is 72.6 Å². The van der Waals surface area contributed by atoms with Gasteiger partial charge in [0.1, 0.15) is 0 Å². The second-order valence-corrected chi connectivity index (χ2v) is 9.74. The lowest BCUT2D eigenvalue weighted by atomic mass is 9.92. The van der Waals surface area contributed by atoms with Gasteiger partial charge in [-0.1, -0.05) is 84.9 Å². The molecule has 1 aromatic heterocycles. The van der Waals surface area contributed by atoms with Crippen LogP contribution in [0, 0.1) is 6.92 Å². The number of aliphatic imine (C=N–C) groups is 1. The molecule has 0 aliphatic heterocycles. The predicted octanol–water partition coefficient (Wildman–Crippen LogP) is 7.48. The fourth-order valence-corrected chi connectivity index (χ4v) is 3.67. The summed E-state index contributed by atoms with van der Waals surface area (Å²) in [6.45, 7) is 17.6. The summed E-state index contributed by atoms with van der Waals surface area (Å²) in [5.74, 6) is 0.850. The first kappa shape index (κ1) is 22.0. The number of rotatable bonds is 5. The molecule has 0 atom stereocenters. The Morgan fingerprint density at radius 1 is 0.900 bits per heavy atom. The second kappa shape index (κ2) is 8.59. The summed E-state index contributed by atoms with van der Waals surface area (Å²) < 4.78 is 2.04. The zero-order chi connectivity index (χ0) is 22.1. The molecule has 0 aliphatic carbocycles. The highest BCUT2D eigenvalue weighted by Crippen LogP contribution is 2.35. The van der Waals surface area contributed by atoms with Crippen LogP contribution in [-0.4, -0.2) is 16.0 Å². The van der Waals surface area contributed by atoms with Gasteiger partial charge < -0.3 is 0 Å². The smallest absolute Gasteiger partial charge is 0.0736 e. The summed E-state index contributed by atoms with van der Waals surface area (Å²) in [4.78, 5) is 5.02. The van der Waals surface area contributed by atoms with Crippen LogP contribution in [0.2, 0.25) is 0 Å². The van der Waals surface area contributed by atoms with Crippen molar-refractivity contribution in [1.29, 1.82) is 0 Å². The van der Waals surface area contributed by atoms with Crippen molar-refractivity contribution in [3.63, 3.8) is 0 Å². The minimum atomic E-state index is 0.0153. The molecular weight excluding hydrogens is 366 g/mol. The SMILES string of the molecule is Cc1cc(C(C)(C)C)nn1-c1ccccc1C=Nc1c(C(C)C)cccc1C(C)C. The zero-order valence-electron chi connectivity index (χ0n) is 19.7. The minimum Gasteiger partial charge on any atom is -0.256 e. The van der Waals surface area contributed by atoms with E-state index >= 15 is 0 Å². The number of hydrogen-bond donors (Lipinski definition) is 0. The van der Waals surface area contributed by atoms with E-state index < -0.39 is 0 Å². The fourth-order valence-electron chi connectivity index (χ4n) is 3.67. The Labute approximate surface area is 181 Å². The minimum absolute atomic E-state index is 0.0153. The summed E-state index contributed by atoms with van der Waals surface area (Å²) in [5, 5.41) is 4.91. The van der Waals surface area contributed by atoms with E-state index in [4.69, 9.17) is 10.1 Å². The van der Waals surface area contributed by atoms with Crippen LogP contribution >= 0.6 is 0 Å². The monoisotopic (exact) mass is 401 g/mol. The molecule has 0 unspecified atom stereocenters. The fraction of sp³-hybridized carbons (Fsp3) is 0.407. The molecule has 3 rings (SSSR count). The Bertz CT molecular complexity index is 1020. The average molecular weight is 402 g/mol. The number of benzene rings is 2. The Balaban J connectivity index is 2.10. The molecule has 30 heavy (non-hydrogen) atoms. The molecule has 0 saturated carbocycles. The van der Waals surface area contributed by atoms with Crippen LogP contribution in [0.15, 0.2) is 53.5 Å². The quantitative estimate of drug-likeness (QED) is 0.408. The predicted molar refractivity (Wildman–Crippen MR) is 129 cm³/mol. The van der Waals surface area contributed by atoms with E-state index in [-0.39, 0.29) is 5.41 Å². The summed E-state index contributed by atoms with van der Waals surface area (Å²) in [6, 6.07) is 17.1. The molecule has 3 nitrogen and oxygen atoms in total. The van der Waals surface area contributed by atoms with Crippen molar-refractivity contribution in [2.24, 2.45) is 4.99 Å². The molecule has 0 fully saturated rings. The van der Waals surface area contributed by atoms with Crippen LogP contribution in [0.3, 0.4) is 0 Å². The van der Waals surface area contributed by atoms with E-state index in [0.29, 0.717) is 11.8 Å². The largest absolute Gasteiger partial charge is 0.256 e. The molecule has 0 aliphatic rings. The summed E-state index contributed by atoms with van der Waals surface area (Å²) >= 11 is 0. The van der Waals surface area contributed by atoms with E-state index in [2.05, 4.69) is 104 Å². The van der Waals surface area contributed by atoms with E-state index in [1.165, 1.54) is 11.1 Å². The highest BCUT2D eigenvalue weighted by molar-refractivity contribution is 5.87. The van der Waals surface area contributed by atoms with Crippen LogP contribution in [0.4, 0.5) is 5.69 Å². The molecule has 0 N–H and O–H groups in total.